The first-order valence-electron chi connectivity index (χ1n) is 8.69. The molecule has 0 aliphatic heterocycles. The normalized spacial score (nSPS) is 10.9. The number of carbonyl (C=O) groups excluding carboxylic acids is 2. The first kappa shape index (κ1) is 18.7. The number of hydrazine groups is 1. The number of fused-ring (bicyclic) bond motifs is 1. The van der Waals surface area contributed by atoms with Crippen molar-refractivity contribution in [3.63, 3.8) is 0 Å². The Hall–Kier alpha value is -3.65. The van der Waals surface area contributed by atoms with E-state index in [0.717, 1.165) is 0 Å². The zero-order valence-electron chi connectivity index (χ0n) is 15.6. The quantitative estimate of drug-likeness (QED) is 0.505. The Bertz CT molecular complexity index is 1230. The fraction of sp³-hybridized carbons (Fsp3) is 0.100. The predicted octanol–water partition coefficient (Wildman–Crippen LogP) is 3.26. The molecule has 0 saturated carbocycles. The highest BCUT2D eigenvalue weighted by atomic mass is 35.5. The minimum absolute atomic E-state index is 0.253. The molecular weight excluding hydrogens is 394 g/mol. The number of aryl methyl sites for hydroxylation is 2. The molecule has 0 saturated heterocycles. The molecule has 4 rings (SSSR count). The Labute approximate surface area is 170 Å². The van der Waals surface area contributed by atoms with Gasteiger partial charge in [-0.2, -0.15) is 5.10 Å². The van der Waals surface area contributed by atoms with Crippen LogP contribution in [0.25, 0.3) is 22.5 Å². The van der Waals surface area contributed by atoms with Crippen molar-refractivity contribution in [2.75, 3.05) is 0 Å². The van der Waals surface area contributed by atoms with Crippen LogP contribution < -0.4 is 10.9 Å². The van der Waals surface area contributed by atoms with E-state index in [4.69, 9.17) is 16.0 Å². The van der Waals surface area contributed by atoms with E-state index in [1.807, 2.05) is 0 Å². The molecule has 2 amide bonds. The van der Waals surface area contributed by atoms with Crippen LogP contribution in [0.3, 0.4) is 0 Å². The summed E-state index contributed by atoms with van der Waals surface area (Å²) in [6.07, 6.45) is 1.53. The number of rotatable bonds is 3. The van der Waals surface area contributed by atoms with Crippen LogP contribution in [0.15, 0.2) is 53.1 Å². The monoisotopic (exact) mass is 409 g/mol. The van der Waals surface area contributed by atoms with Gasteiger partial charge >= 0.3 is 0 Å². The third-order valence-corrected chi connectivity index (χ3v) is 4.72. The van der Waals surface area contributed by atoms with E-state index >= 15 is 0 Å². The van der Waals surface area contributed by atoms with Gasteiger partial charge in [0.15, 0.2) is 11.4 Å². The standard InChI is InChI=1S/C20H16ClN5O3/c1-11-17-13(20(28)24-23-19(27)12-6-3-4-7-14(12)21)10-15(16-8-5-9-29-16)22-18(17)26(2)25-11/h3-10H,1-2H3,(H,23,27)(H,24,28). The van der Waals surface area contributed by atoms with Gasteiger partial charge in [-0.15, -0.1) is 0 Å². The summed E-state index contributed by atoms with van der Waals surface area (Å²) >= 11 is 6.03. The number of benzene rings is 1. The molecule has 0 radical (unpaired) electrons. The molecular formula is C20H16ClN5O3. The number of nitrogens with one attached hydrogen (secondary N) is 2. The van der Waals surface area contributed by atoms with E-state index in [0.29, 0.717) is 33.7 Å². The van der Waals surface area contributed by atoms with Crippen LogP contribution in [0.1, 0.15) is 26.4 Å². The highest BCUT2D eigenvalue weighted by Gasteiger charge is 2.21. The van der Waals surface area contributed by atoms with Crippen LogP contribution in [0.4, 0.5) is 0 Å². The van der Waals surface area contributed by atoms with Crippen LogP contribution in [-0.4, -0.2) is 26.6 Å². The molecule has 8 nitrogen and oxygen atoms in total. The molecule has 146 valence electrons. The van der Waals surface area contributed by atoms with Gasteiger partial charge in [0.2, 0.25) is 0 Å². The summed E-state index contributed by atoms with van der Waals surface area (Å²) in [7, 11) is 1.75. The van der Waals surface area contributed by atoms with Gasteiger partial charge in [0.05, 0.1) is 33.5 Å². The van der Waals surface area contributed by atoms with Crippen LogP contribution in [0.2, 0.25) is 5.02 Å². The zero-order valence-corrected chi connectivity index (χ0v) is 16.3. The number of carbonyl (C=O) groups is 2. The van der Waals surface area contributed by atoms with Gasteiger partial charge in [-0.25, -0.2) is 4.98 Å². The topological polar surface area (TPSA) is 102 Å². The maximum absolute atomic E-state index is 12.9. The Balaban J connectivity index is 1.68. The Kier molecular flexibility index (Phi) is 4.77. The Morgan fingerprint density at radius 2 is 1.79 bits per heavy atom. The summed E-state index contributed by atoms with van der Waals surface area (Å²) in [6.45, 7) is 1.79. The van der Waals surface area contributed by atoms with E-state index < -0.39 is 11.8 Å². The number of halogens is 1. The van der Waals surface area contributed by atoms with Gasteiger partial charge in [0.1, 0.15) is 5.69 Å². The van der Waals surface area contributed by atoms with Gasteiger partial charge in [0.25, 0.3) is 11.8 Å². The number of hydrogen-bond acceptors (Lipinski definition) is 5. The largest absolute Gasteiger partial charge is 0.463 e. The van der Waals surface area contributed by atoms with Gasteiger partial charge in [-0.3, -0.25) is 25.1 Å². The van der Waals surface area contributed by atoms with Crippen molar-refractivity contribution >= 4 is 34.4 Å². The molecule has 0 spiro atoms. The van der Waals surface area contributed by atoms with Crippen molar-refractivity contribution in [3.8, 4) is 11.5 Å². The van der Waals surface area contributed by atoms with E-state index in [1.165, 1.54) is 6.26 Å². The maximum Gasteiger partial charge on any atom is 0.271 e. The first-order valence-corrected chi connectivity index (χ1v) is 9.07. The molecule has 4 aromatic rings. The summed E-state index contributed by atoms with van der Waals surface area (Å²) in [5.74, 6) is -0.523. The van der Waals surface area contributed by atoms with Gasteiger partial charge in [-0.05, 0) is 37.3 Å². The maximum atomic E-state index is 12.9. The van der Waals surface area contributed by atoms with Crippen molar-refractivity contribution in [2.24, 2.45) is 7.05 Å². The molecule has 3 heterocycles. The van der Waals surface area contributed by atoms with E-state index in [9.17, 15) is 9.59 Å². The zero-order chi connectivity index (χ0) is 20.5. The second-order valence-electron chi connectivity index (χ2n) is 6.33. The Morgan fingerprint density at radius 3 is 2.48 bits per heavy atom. The van der Waals surface area contributed by atoms with E-state index in [1.54, 1.807) is 61.1 Å². The van der Waals surface area contributed by atoms with E-state index in [2.05, 4.69) is 20.9 Å². The smallest absolute Gasteiger partial charge is 0.271 e. The summed E-state index contributed by atoms with van der Waals surface area (Å²) < 4.78 is 7.00. The SMILES string of the molecule is Cc1nn(C)c2nc(-c3ccco3)cc(C(=O)NNC(=O)c3ccccc3Cl)c12. The molecule has 0 aliphatic rings. The molecule has 29 heavy (non-hydrogen) atoms. The number of nitrogens with zero attached hydrogens (tertiary/aromatic N) is 3. The molecule has 0 bridgehead atoms. The molecule has 0 unspecified atom stereocenters. The van der Waals surface area contributed by atoms with Crippen LogP contribution in [-0.2, 0) is 7.05 Å². The van der Waals surface area contributed by atoms with Crippen LogP contribution >= 0.6 is 11.6 Å². The van der Waals surface area contributed by atoms with Crippen molar-refractivity contribution in [1.29, 1.82) is 0 Å². The molecule has 3 aromatic heterocycles. The molecule has 2 N–H and O–H groups in total. The number of pyridine rings is 1. The lowest BCUT2D eigenvalue weighted by atomic mass is 10.1. The van der Waals surface area contributed by atoms with Gasteiger partial charge in [-0.1, -0.05) is 23.7 Å². The van der Waals surface area contributed by atoms with Crippen molar-refractivity contribution in [2.45, 2.75) is 6.92 Å². The predicted molar refractivity (Wildman–Crippen MR) is 107 cm³/mol. The molecule has 9 heteroatoms. The van der Waals surface area contributed by atoms with Crippen LogP contribution in [0, 0.1) is 6.92 Å². The summed E-state index contributed by atoms with van der Waals surface area (Å²) in [5.41, 5.74) is 7.04. The molecule has 0 atom stereocenters. The van der Waals surface area contributed by atoms with Crippen molar-refractivity contribution in [1.82, 2.24) is 25.6 Å². The second-order valence-corrected chi connectivity index (χ2v) is 6.74. The number of amides is 2. The fourth-order valence-corrected chi connectivity index (χ4v) is 3.29. The summed E-state index contributed by atoms with van der Waals surface area (Å²) in [5, 5.41) is 5.22. The molecule has 1 aromatic carbocycles. The average molecular weight is 410 g/mol. The lowest BCUT2D eigenvalue weighted by Crippen LogP contribution is -2.41. The third kappa shape index (κ3) is 3.45. The minimum Gasteiger partial charge on any atom is -0.463 e. The van der Waals surface area contributed by atoms with Gasteiger partial charge < -0.3 is 4.42 Å². The third-order valence-electron chi connectivity index (χ3n) is 4.39. The second kappa shape index (κ2) is 7.40. The fourth-order valence-electron chi connectivity index (χ4n) is 3.07. The number of furan rings is 1. The highest BCUT2D eigenvalue weighted by molar-refractivity contribution is 6.33. The lowest BCUT2D eigenvalue weighted by Gasteiger charge is -2.10. The van der Waals surface area contributed by atoms with E-state index in [-0.39, 0.29) is 10.6 Å². The lowest BCUT2D eigenvalue weighted by molar-refractivity contribution is 0.0847. The Morgan fingerprint density at radius 1 is 1.07 bits per heavy atom. The van der Waals surface area contributed by atoms with Gasteiger partial charge in [0, 0.05) is 7.05 Å². The highest BCUT2D eigenvalue weighted by Crippen LogP contribution is 2.27. The molecule has 0 aliphatic carbocycles. The number of hydrogen-bond donors (Lipinski definition) is 2. The molecule has 0 fully saturated rings. The first-order chi connectivity index (χ1) is 14.0. The van der Waals surface area contributed by atoms with Crippen molar-refractivity contribution in [3.05, 3.63) is 70.6 Å². The number of aromatic nitrogens is 3. The van der Waals surface area contributed by atoms with Crippen LogP contribution in [0.5, 0.6) is 0 Å². The average Bonchev–Trinajstić information content (AvgIpc) is 3.34. The minimum atomic E-state index is -0.525. The summed E-state index contributed by atoms with van der Waals surface area (Å²) in [6, 6.07) is 11.6. The van der Waals surface area contributed by atoms with Crippen molar-refractivity contribution < 1.29 is 14.0 Å². The summed E-state index contributed by atoms with van der Waals surface area (Å²) in [4.78, 5) is 29.8.